The predicted octanol–water partition coefficient (Wildman–Crippen LogP) is 3.34. The van der Waals surface area contributed by atoms with Crippen LogP contribution in [0, 0.1) is 0 Å². The van der Waals surface area contributed by atoms with Crippen molar-refractivity contribution in [1.82, 2.24) is 0 Å². The van der Waals surface area contributed by atoms with E-state index in [0.29, 0.717) is 22.1 Å². The lowest BCUT2D eigenvalue weighted by atomic mass is 10.1. The maximum Gasteiger partial charge on any atom is 0.264 e. The number of anilines is 2. The van der Waals surface area contributed by atoms with Gasteiger partial charge in [0.15, 0.2) is 0 Å². The standard InChI is InChI=1S/C18H18N2O3S/c1-2-20(15-6-4-3-5-7-15)24(22,23)16-10-13-8-9-14(19)11-17(13)18(21)12-16/h3-12,21H,2,19H2,1H3. The summed E-state index contributed by atoms with van der Waals surface area (Å²) in [4.78, 5) is 0.0444. The number of nitrogens with zero attached hydrogens (tertiary/aromatic N) is 1. The molecule has 0 unspecified atom stereocenters. The fourth-order valence-corrected chi connectivity index (χ4v) is 4.22. The van der Waals surface area contributed by atoms with Crippen LogP contribution in [-0.2, 0) is 10.0 Å². The van der Waals surface area contributed by atoms with E-state index in [1.807, 2.05) is 6.07 Å². The van der Waals surface area contributed by atoms with Crippen LogP contribution in [-0.4, -0.2) is 20.1 Å². The Morgan fingerprint density at radius 3 is 2.42 bits per heavy atom. The highest BCUT2D eigenvalue weighted by Crippen LogP contribution is 2.32. The van der Waals surface area contributed by atoms with E-state index in [4.69, 9.17) is 5.73 Å². The van der Waals surface area contributed by atoms with Crippen molar-refractivity contribution in [2.45, 2.75) is 11.8 Å². The third kappa shape index (κ3) is 2.76. The summed E-state index contributed by atoms with van der Waals surface area (Å²) in [5, 5.41) is 11.4. The van der Waals surface area contributed by atoms with Gasteiger partial charge in [0.1, 0.15) is 5.75 Å². The molecule has 0 aliphatic carbocycles. The second-order valence-electron chi connectivity index (χ2n) is 5.43. The van der Waals surface area contributed by atoms with Crippen LogP contribution in [0.25, 0.3) is 10.8 Å². The molecule has 0 saturated carbocycles. The summed E-state index contributed by atoms with van der Waals surface area (Å²) in [6, 6.07) is 16.7. The highest BCUT2D eigenvalue weighted by Gasteiger charge is 2.24. The van der Waals surface area contributed by atoms with E-state index in [2.05, 4.69) is 0 Å². The summed E-state index contributed by atoms with van der Waals surface area (Å²) in [7, 11) is -3.79. The van der Waals surface area contributed by atoms with Gasteiger partial charge in [-0.25, -0.2) is 8.42 Å². The summed E-state index contributed by atoms with van der Waals surface area (Å²) in [6.07, 6.45) is 0. The molecule has 3 rings (SSSR count). The summed E-state index contributed by atoms with van der Waals surface area (Å²) in [5.41, 5.74) is 6.81. The molecule has 0 amide bonds. The molecule has 124 valence electrons. The Hall–Kier alpha value is -2.73. The van der Waals surface area contributed by atoms with E-state index in [1.165, 1.54) is 10.4 Å². The third-order valence-electron chi connectivity index (χ3n) is 3.85. The number of nitrogen functional groups attached to an aromatic ring is 1. The van der Waals surface area contributed by atoms with Crippen molar-refractivity contribution in [3.8, 4) is 5.75 Å². The molecule has 5 nitrogen and oxygen atoms in total. The van der Waals surface area contributed by atoms with Gasteiger partial charge in [-0.1, -0.05) is 24.3 Å². The van der Waals surface area contributed by atoms with Crippen LogP contribution in [0.4, 0.5) is 11.4 Å². The van der Waals surface area contributed by atoms with E-state index in [1.54, 1.807) is 55.5 Å². The normalized spacial score (nSPS) is 11.5. The molecule has 24 heavy (non-hydrogen) atoms. The van der Waals surface area contributed by atoms with E-state index < -0.39 is 10.0 Å². The number of benzene rings is 3. The first-order chi connectivity index (χ1) is 11.4. The van der Waals surface area contributed by atoms with Crippen LogP contribution in [0.5, 0.6) is 5.75 Å². The Kier molecular flexibility index (Phi) is 4.07. The molecule has 0 aliphatic rings. The molecule has 0 aliphatic heterocycles. The van der Waals surface area contributed by atoms with Crippen molar-refractivity contribution in [1.29, 1.82) is 0 Å². The van der Waals surface area contributed by atoms with Crippen LogP contribution in [0.2, 0.25) is 0 Å². The van der Waals surface area contributed by atoms with E-state index in [0.717, 1.165) is 0 Å². The zero-order valence-corrected chi connectivity index (χ0v) is 14.0. The number of nitrogens with two attached hydrogens (primary N) is 1. The van der Waals surface area contributed by atoms with Gasteiger partial charge in [0.2, 0.25) is 0 Å². The number of fused-ring (bicyclic) bond motifs is 1. The van der Waals surface area contributed by atoms with E-state index >= 15 is 0 Å². The van der Waals surface area contributed by atoms with Crippen molar-refractivity contribution in [2.75, 3.05) is 16.6 Å². The number of rotatable bonds is 4. The van der Waals surface area contributed by atoms with Crippen LogP contribution in [0.3, 0.4) is 0 Å². The molecule has 0 aromatic heterocycles. The van der Waals surface area contributed by atoms with Crippen molar-refractivity contribution in [3.05, 3.63) is 60.7 Å². The SMILES string of the molecule is CCN(c1ccccc1)S(=O)(=O)c1cc(O)c2cc(N)ccc2c1. The average molecular weight is 342 g/mol. The Morgan fingerprint density at radius 2 is 1.75 bits per heavy atom. The van der Waals surface area contributed by atoms with Crippen LogP contribution in [0.1, 0.15) is 6.92 Å². The molecule has 3 N–H and O–H groups in total. The van der Waals surface area contributed by atoms with Crippen LogP contribution in [0.15, 0.2) is 65.6 Å². The Morgan fingerprint density at radius 1 is 1.04 bits per heavy atom. The summed E-state index contributed by atoms with van der Waals surface area (Å²) in [5.74, 6) is -0.109. The first kappa shape index (κ1) is 16.1. The predicted molar refractivity (Wildman–Crippen MR) is 96.7 cm³/mol. The highest BCUT2D eigenvalue weighted by molar-refractivity contribution is 7.92. The zero-order chi connectivity index (χ0) is 17.3. The number of phenolic OH excluding ortho intramolecular Hbond substituents is 1. The zero-order valence-electron chi connectivity index (χ0n) is 13.2. The molecule has 0 fully saturated rings. The summed E-state index contributed by atoms with van der Waals surface area (Å²) < 4.78 is 27.3. The van der Waals surface area contributed by atoms with Gasteiger partial charge in [0, 0.05) is 23.7 Å². The number of sulfonamides is 1. The van der Waals surface area contributed by atoms with E-state index in [9.17, 15) is 13.5 Å². The summed E-state index contributed by atoms with van der Waals surface area (Å²) >= 11 is 0. The lowest BCUT2D eigenvalue weighted by Gasteiger charge is -2.23. The largest absolute Gasteiger partial charge is 0.507 e. The lowest BCUT2D eigenvalue weighted by Crippen LogP contribution is -2.30. The first-order valence-electron chi connectivity index (χ1n) is 7.53. The van der Waals surface area contributed by atoms with Gasteiger partial charge in [-0.05, 0) is 42.6 Å². The van der Waals surface area contributed by atoms with Crippen molar-refractivity contribution in [2.24, 2.45) is 0 Å². The number of phenols is 1. The number of hydrogen-bond acceptors (Lipinski definition) is 4. The monoisotopic (exact) mass is 342 g/mol. The molecular weight excluding hydrogens is 324 g/mol. The van der Waals surface area contributed by atoms with Crippen LogP contribution < -0.4 is 10.0 Å². The highest BCUT2D eigenvalue weighted by atomic mass is 32.2. The molecule has 0 bridgehead atoms. The van der Waals surface area contributed by atoms with Gasteiger partial charge in [-0.3, -0.25) is 4.31 Å². The van der Waals surface area contributed by atoms with Gasteiger partial charge in [-0.15, -0.1) is 0 Å². The van der Waals surface area contributed by atoms with E-state index in [-0.39, 0.29) is 17.2 Å². The Balaban J connectivity index is 2.16. The molecule has 6 heteroatoms. The summed E-state index contributed by atoms with van der Waals surface area (Å²) in [6.45, 7) is 2.05. The quantitative estimate of drug-likeness (QED) is 0.712. The third-order valence-corrected chi connectivity index (χ3v) is 5.73. The molecule has 0 radical (unpaired) electrons. The van der Waals surface area contributed by atoms with Gasteiger partial charge < -0.3 is 10.8 Å². The van der Waals surface area contributed by atoms with Gasteiger partial charge >= 0.3 is 0 Å². The molecule has 0 spiro atoms. The maximum absolute atomic E-state index is 13.0. The second-order valence-corrected chi connectivity index (χ2v) is 7.29. The minimum atomic E-state index is -3.79. The first-order valence-corrected chi connectivity index (χ1v) is 8.97. The topological polar surface area (TPSA) is 83.6 Å². The smallest absolute Gasteiger partial charge is 0.264 e. The number of aromatic hydroxyl groups is 1. The van der Waals surface area contributed by atoms with Crippen molar-refractivity contribution in [3.63, 3.8) is 0 Å². The number of para-hydroxylation sites is 1. The Labute approximate surface area is 141 Å². The fraction of sp³-hybridized carbons (Fsp3) is 0.111. The molecule has 3 aromatic carbocycles. The minimum Gasteiger partial charge on any atom is -0.507 e. The maximum atomic E-state index is 13.0. The Bertz CT molecular complexity index is 986. The van der Waals surface area contributed by atoms with Crippen molar-refractivity contribution >= 4 is 32.2 Å². The number of hydrogen-bond donors (Lipinski definition) is 2. The minimum absolute atomic E-state index is 0.0444. The van der Waals surface area contributed by atoms with Gasteiger partial charge in [0.05, 0.1) is 10.6 Å². The molecular formula is C18H18N2O3S. The lowest BCUT2D eigenvalue weighted by molar-refractivity contribution is 0.479. The van der Waals surface area contributed by atoms with Gasteiger partial charge in [0.25, 0.3) is 10.0 Å². The van der Waals surface area contributed by atoms with Gasteiger partial charge in [-0.2, -0.15) is 0 Å². The van der Waals surface area contributed by atoms with Crippen LogP contribution >= 0.6 is 0 Å². The second kappa shape index (κ2) is 6.05. The molecule has 0 saturated heterocycles. The molecule has 0 atom stereocenters. The molecule has 3 aromatic rings. The average Bonchev–Trinajstić information content (AvgIpc) is 2.56. The molecule has 0 heterocycles. The fourth-order valence-electron chi connectivity index (χ4n) is 2.69. The van der Waals surface area contributed by atoms with Crippen molar-refractivity contribution < 1.29 is 13.5 Å².